The molecule has 0 bridgehead atoms. The maximum absolute atomic E-state index is 10.1. The molecule has 0 amide bonds. The molecular weight excluding hydrogens is 238 g/mol. The van der Waals surface area contributed by atoms with Gasteiger partial charge >= 0.3 is 0 Å². The van der Waals surface area contributed by atoms with Gasteiger partial charge in [0.2, 0.25) is 0 Å². The maximum Gasteiger partial charge on any atom is 0.0704 e. The van der Waals surface area contributed by atoms with Crippen molar-refractivity contribution >= 4 is 0 Å². The Labute approximate surface area is 116 Å². The van der Waals surface area contributed by atoms with Gasteiger partial charge in [-0.2, -0.15) is 0 Å². The van der Waals surface area contributed by atoms with E-state index in [2.05, 4.69) is 31.3 Å². The first-order valence-corrected chi connectivity index (χ1v) is 7.24. The van der Waals surface area contributed by atoms with Gasteiger partial charge in [-0.15, -0.1) is 0 Å². The molecule has 1 aromatic rings. The number of rotatable bonds is 5. The molecule has 1 saturated heterocycles. The second-order valence-corrected chi connectivity index (χ2v) is 5.68. The number of benzene rings is 1. The molecule has 1 aromatic carbocycles. The molecule has 0 saturated carbocycles. The molecule has 1 aliphatic heterocycles. The fourth-order valence-corrected chi connectivity index (χ4v) is 2.83. The van der Waals surface area contributed by atoms with Gasteiger partial charge in [-0.3, -0.25) is 0 Å². The van der Waals surface area contributed by atoms with E-state index in [-0.39, 0.29) is 6.10 Å². The minimum absolute atomic E-state index is 0.313. The van der Waals surface area contributed by atoms with Gasteiger partial charge in [0.25, 0.3) is 0 Å². The molecule has 1 heterocycles. The number of aliphatic hydroxyl groups excluding tert-OH is 1. The van der Waals surface area contributed by atoms with Gasteiger partial charge in [0.05, 0.1) is 18.3 Å². The van der Waals surface area contributed by atoms with Crippen LogP contribution >= 0.6 is 0 Å². The average Bonchev–Trinajstić information content (AvgIpc) is 2.36. The highest BCUT2D eigenvalue weighted by Gasteiger charge is 2.24. The minimum atomic E-state index is -0.323. The zero-order valence-corrected chi connectivity index (χ0v) is 11.9. The Bertz CT molecular complexity index is 358. The molecule has 2 rings (SSSR count). The van der Waals surface area contributed by atoms with E-state index in [1.807, 2.05) is 18.2 Å². The number of nitrogens with one attached hydrogen (secondary N) is 1. The third-order valence-electron chi connectivity index (χ3n) is 3.65. The van der Waals surface area contributed by atoms with Gasteiger partial charge in [-0.1, -0.05) is 30.3 Å². The van der Waals surface area contributed by atoms with Gasteiger partial charge in [-0.05, 0) is 38.7 Å². The largest absolute Gasteiger partial charge is 0.391 e. The molecule has 3 nitrogen and oxygen atoms in total. The van der Waals surface area contributed by atoms with E-state index in [0.717, 1.165) is 12.8 Å². The van der Waals surface area contributed by atoms with Crippen LogP contribution in [0.3, 0.4) is 0 Å². The van der Waals surface area contributed by atoms with Gasteiger partial charge in [0.15, 0.2) is 0 Å². The molecule has 0 aliphatic carbocycles. The van der Waals surface area contributed by atoms with Crippen LogP contribution in [0.4, 0.5) is 0 Å². The van der Waals surface area contributed by atoms with Crippen molar-refractivity contribution in [1.29, 1.82) is 0 Å². The van der Waals surface area contributed by atoms with Crippen molar-refractivity contribution in [3.05, 3.63) is 35.9 Å². The lowest BCUT2D eigenvalue weighted by Crippen LogP contribution is -2.44. The number of ether oxygens (including phenoxy) is 1. The van der Waals surface area contributed by atoms with Crippen molar-refractivity contribution in [3.63, 3.8) is 0 Å². The van der Waals surface area contributed by atoms with Crippen LogP contribution in [0.25, 0.3) is 0 Å². The quantitative estimate of drug-likeness (QED) is 0.855. The molecule has 0 aromatic heterocycles. The van der Waals surface area contributed by atoms with Crippen LogP contribution in [0.2, 0.25) is 0 Å². The number of hydrogen-bond acceptors (Lipinski definition) is 3. The Morgan fingerprint density at radius 3 is 2.47 bits per heavy atom. The zero-order valence-electron chi connectivity index (χ0n) is 11.9. The summed E-state index contributed by atoms with van der Waals surface area (Å²) in [5.74, 6) is 0. The Hall–Kier alpha value is -0.900. The van der Waals surface area contributed by atoms with E-state index in [1.54, 1.807) is 0 Å². The fraction of sp³-hybridized carbons (Fsp3) is 0.625. The van der Waals surface area contributed by atoms with Gasteiger partial charge in [0.1, 0.15) is 0 Å². The number of hydrogen-bond donors (Lipinski definition) is 2. The Balaban J connectivity index is 1.73. The molecule has 1 aliphatic rings. The molecule has 19 heavy (non-hydrogen) atoms. The van der Waals surface area contributed by atoms with Crippen molar-refractivity contribution in [3.8, 4) is 0 Å². The highest BCUT2D eigenvalue weighted by molar-refractivity contribution is 5.15. The normalized spacial score (nSPS) is 29.1. The predicted octanol–water partition coefficient (Wildman–Crippen LogP) is 2.14. The minimum Gasteiger partial charge on any atom is -0.391 e. The number of aliphatic hydroxyl groups is 1. The lowest BCUT2D eigenvalue weighted by Gasteiger charge is -2.33. The molecule has 2 N–H and O–H groups in total. The van der Waals surface area contributed by atoms with Crippen LogP contribution in [0.5, 0.6) is 0 Å². The average molecular weight is 263 g/mol. The molecule has 3 atom stereocenters. The lowest BCUT2D eigenvalue weighted by molar-refractivity contribution is -0.0433. The summed E-state index contributed by atoms with van der Waals surface area (Å²) in [6.45, 7) is 4.88. The van der Waals surface area contributed by atoms with Crippen LogP contribution in [-0.2, 0) is 11.2 Å². The van der Waals surface area contributed by atoms with E-state index in [1.165, 1.54) is 5.56 Å². The van der Waals surface area contributed by atoms with Crippen LogP contribution in [0, 0.1) is 0 Å². The summed E-state index contributed by atoms with van der Waals surface area (Å²) in [7, 11) is 0. The third-order valence-corrected chi connectivity index (χ3v) is 3.65. The van der Waals surface area contributed by atoms with Crippen LogP contribution in [0.1, 0.15) is 32.3 Å². The first kappa shape index (κ1) is 14.5. The first-order chi connectivity index (χ1) is 9.13. The van der Waals surface area contributed by atoms with Crippen molar-refractivity contribution in [2.45, 2.75) is 57.5 Å². The topological polar surface area (TPSA) is 41.5 Å². The van der Waals surface area contributed by atoms with Gasteiger partial charge < -0.3 is 15.2 Å². The SMILES string of the molecule is CC1CC(NCC(O)Cc2ccccc2)CC(C)O1. The van der Waals surface area contributed by atoms with Crippen molar-refractivity contribution in [1.82, 2.24) is 5.32 Å². The summed E-state index contributed by atoms with van der Waals surface area (Å²) < 4.78 is 5.72. The van der Waals surface area contributed by atoms with E-state index in [9.17, 15) is 5.11 Å². The smallest absolute Gasteiger partial charge is 0.0704 e. The highest BCUT2D eigenvalue weighted by atomic mass is 16.5. The van der Waals surface area contributed by atoms with Crippen molar-refractivity contribution in [2.24, 2.45) is 0 Å². The third kappa shape index (κ3) is 4.94. The van der Waals surface area contributed by atoms with E-state index < -0.39 is 0 Å². The fourth-order valence-electron chi connectivity index (χ4n) is 2.83. The molecule has 3 heteroatoms. The summed E-state index contributed by atoms with van der Waals surface area (Å²) >= 11 is 0. The predicted molar refractivity (Wildman–Crippen MR) is 77.2 cm³/mol. The maximum atomic E-state index is 10.1. The van der Waals surface area contributed by atoms with Crippen molar-refractivity contribution < 1.29 is 9.84 Å². The Morgan fingerprint density at radius 2 is 1.84 bits per heavy atom. The highest BCUT2D eigenvalue weighted by Crippen LogP contribution is 2.18. The Morgan fingerprint density at radius 1 is 1.21 bits per heavy atom. The summed E-state index contributed by atoms with van der Waals surface area (Å²) in [4.78, 5) is 0. The molecule has 1 fully saturated rings. The second-order valence-electron chi connectivity index (χ2n) is 5.68. The van der Waals surface area contributed by atoms with Gasteiger partial charge in [0, 0.05) is 12.6 Å². The van der Waals surface area contributed by atoms with Crippen LogP contribution in [0.15, 0.2) is 30.3 Å². The summed E-state index contributed by atoms with van der Waals surface area (Å²) in [6, 6.07) is 10.6. The van der Waals surface area contributed by atoms with E-state index >= 15 is 0 Å². The van der Waals surface area contributed by atoms with E-state index in [0.29, 0.717) is 31.2 Å². The summed E-state index contributed by atoms with van der Waals surface area (Å²) in [5, 5.41) is 13.5. The molecule has 0 radical (unpaired) electrons. The summed E-state index contributed by atoms with van der Waals surface area (Å²) in [5.41, 5.74) is 1.19. The first-order valence-electron chi connectivity index (χ1n) is 7.24. The Kier molecular flexibility index (Phi) is 5.37. The van der Waals surface area contributed by atoms with Gasteiger partial charge in [-0.25, -0.2) is 0 Å². The zero-order chi connectivity index (χ0) is 13.7. The molecule has 106 valence electrons. The van der Waals surface area contributed by atoms with Crippen LogP contribution < -0.4 is 5.32 Å². The second kappa shape index (κ2) is 7.04. The van der Waals surface area contributed by atoms with E-state index in [4.69, 9.17) is 4.74 Å². The molecular formula is C16H25NO2. The standard InChI is InChI=1S/C16H25NO2/c1-12-8-15(9-13(2)19-12)17-11-16(18)10-14-6-4-3-5-7-14/h3-7,12-13,15-18H,8-11H2,1-2H3. The molecule has 0 spiro atoms. The lowest BCUT2D eigenvalue weighted by atomic mass is 9.99. The molecule has 3 unspecified atom stereocenters. The monoisotopic (exact) mass is 263 g/mol. The van der Waals surface area contributed by atoms with Crippen molar-refractivity contribution in [2.75, 3.05) is 6.54 Å². The van der Waals surface area contributed by atoms with Crippen LogP contribution in [-0.4, -0.2) is 36.0 Å². The summed E-state index contributed by atoms with van der Waals surface area (Å²) in [6.07, 6.45) is 3.07.